The van der Waals surface area contributed by atoms with Crippen LogP contribution in [0.5, 0.6) is 0 Å². The Morgan fingerprint density at radius 1 is 0.867 bits per heavy atom. The van der Waals surface area contributed by atoms with Crippen LogP contribution in [-0.4, -0.2) is 43.8 Å². The van der Waals surface area contributed by atoms with Gasteiger partial charge in [0.15, 0.2) is 0 Å². The fourth-order valence-electron chi connectivity index (χ4n) is 4.70. The first kappa shape index (κ1) is 34.5. The predicted molar refractivity (Wildman–Crippen MR) is 184 cm³/mol. The molecule has 0 unspecified atom stereocenters. The number of rotatable bonds is 13. The van der Waals surface area contributed by atoms with Crippen LogP contribution in [0.4, 0.5) is 5.69 Å². The Hall–Kier alpha value is -3.37. The van der Waals surface area contributed by atoms with Crippen molar-refractivity contribution in [2.75, 3.05) is 10.8 Å². The Morgan fingerprint density at radius 3 is 2.09 bits per heavy atom. The second-order valence-electron chi connectivity index (χ2n) is 10.6. The highest BCUT2D eigenvalue weighted by Gasteiger charge is 2.35. The molecule has 0 saturated heterocycles. The highest BCUT2D eigenvalue weighted by molar-refractivity contribution is 9.10. The Bertz CT molecular complexity index is 1710. The van der Waals surface area contributed by atoms with Crippen LogP contribution in [0.2, 0.25) is 10.0 Å². The molecule has 236 valence electrons. The van der Waals surface area contributed by atoms with Gasteiger partial charge in [-0.05, 0) is 66.9 Å². The van der Waals surface area contributed by atoms with Crippen molar-refractivity contribution in [2.24, 2.45) is 0 Å². The monoisotopic (exact) mass is 729 g/mol. The minimum Gasteiger partial charge on any atom is -0.352 e. The van der Waals surface area contributed by atoms with Gasteiger partial charge in [-0.3, -0.25) is 13.9 Å². The fourth-order valence-corrected chi connectivity index (χ4v) is 6.98. The van der Waals surface area contributed by atoms with Crippen LogP contribution in [-0.2, 0) is 32.6 Å². The minimum absolute atomic E-state index is 0.0152. The largest absolute Gasteiger partial charge is 0.352 e. The third-order valence-corrected chi connectivity index (χ3v) is 10.2. The molecule has 11 heteroatoms. The number of carbonyl (C=O) groups excluding carboxylic acids is 2. The van der Waals surface area contributed by atoms with Crippen molar-refractivity contribution in [1.82, 2.24) is 10.2 Å². The van der Waals surface area contributed by atoms with Gasteiger partial charge in [-0.25, -0.2) is 8.42 Å². The topological polar surface area (TPSA) is 86.8 Å². The summed E-state index contributed by atoms with van der Waals surface area (Å²) in [4.78, 5) is 29.8. The fraction of sp³-hybridized carbons (Fsp3) is 0.235. The first-order valence-corrected chi connectivity index (χ1v) is 17.4. The SMILES string of the molecule is CC[C@H](C)NC(=O)[C@@H](Cc1ccccc1)N(Cc1ccc(Br)cc1)C(=O)CN(c1ccc(Cl)cc1Cl)S(=O)(=O)c1ccccc1. The van der Waals surface area contributed by atoms with E-state index in [1.807, 2.05) is 68.4 Å². The molecule has 45 heavy (non-hydrogen) atoms. The van der Waals surface area contributed by atoms with E-state index in [1.165, 1.54) is 35.2 Å². The summed E-state index contributed by atoms with van der Waals surface area (Å²) >= 11 is 16.1. The summed E-state index contributed by atoms with van der Waals surface area (Å²) in [5.74, 6) is -0.913. The van der Waals surface area contributed by atoms with Gasteiger partial charge in [-0.1, -0.05) is 107 Å². The first-order chi connectivity index (χ1) is 21.5. The minimum atomic E-state index is -4.27. The molecule has 0 heterocycles. The lowest BCUT2D eigenvalue weighted by Gasteiger charge is -2.34. The van der Waals surface area contributed by atoms with E-state index in [-0.39, 0.29) is 40.5 Å². The summed E-state index contributed by atoms with van der Waals surface area (Å²) in [6, 6.07) is 28.0. The molecule has 0 aliphatic carbocycles. The van der Waals surface area contributed by atoms with Crippen LogP contribution >= 0.6 is 39.1 Å². The Labute approximate surface area is 283 Å². The molecule has 2 atom stereocenters. The highest BCUT2D eigenvalue weighted by atomic mass is 79.9. The molecule has 4 aromatic carbocycles. The summed E-state index contributed by atoms with van der Waals surface area (Å²) in [6.07, 6.45) is 0.918. The van der Waals surface area contributed by atoms with E-state index in [0.717, 1.165) is 19.9 Å². The van der Waals surface area contributed by atoms with Gasteiger partial charge >= 0.3 is 0 Å². The average molecular weight is 732 g/mol. The van der Waals surface area contributed by atoms with Crippen molar-refractivity contribution in [3.8, 4) is 0 Å². The van der Waals surface area contributed by atoms with Crippen molar-refractivity contribution in [3.63, 3.8) is 0 Å². The molecule has 0 spiro atoms. The molecule has 0 radical (unpaired) electrons. The quantitative estimate of drug-likeness (QED) is 0.154. The lowest BCUT2D eigenvalue weighted by molar-refractivity contribution is -0.140. The first-order valence-electron chi connectivity index (χ1n) is 14.4. The molecule has 4 aromatic rings. The number of anilines is 1. The van der Waals surface area contributed by atoms with E-state index in [2.05, 4.69) is 21.2 Å². The van der Waals surface area contributed by atoms with Gasteiger partial charge in [0.1, 0.15) is 12.6 Å². The predicted octanol–water partition coefficient (Wildman–Crippen LogP) is 7.51. The van der Waals surface area contributed by atoms with E-state index < -0.39 is 28.5 Å². The van der Waals surface area contributed by atoms with Gasteiger partial charge in [0.25, 0.3) is 10.0 Å². The van der Waals surface area contributed by atoms with Crippen LogP contribution in [0, 0.1) is 0 Å². The van der Waals surface area contributed by atoms with Crippen molar-refractivity contribution < 1.29 is 18.0 Å². The summed E-state index contributed by atoms with van der Waals surface area (Å²) < 4.78 is 30.0. The molecule has 0 saturated carbocycles. The third-order valence-electron chi connectivity index (χ3n) is 7.33. The number of sulfonamides is 1. The zero-order chi connectivity index (χ0) is 32.6. The zero-order valence-electron chi connectivity index (χ0n) is 24.9. The van der Waals surface area contributed by atoms with E-state index >= 15 is 0 Å². The Balaban J connectivity index is 1.82. The normalized spacial score (nSPS) is 12.6. The molecular weight excluding hydrogens is 697 g/mol. The average Bonchev–Trinajstić information content (AvgIpc) is 3.03. The molecular formula is C34H34BrCl2N3O4S. The molecule has 0 bridgehead atoms. The van der Waals surface area contributed by atoms with Crippen LogP contribution in [0.15, 0.2) is 112 Å². The molecule has 1 N–H and O–H groups in total. The van der Waals surface area contributed by atoms with Gasteiger partial charge in [0.2, 0.25) is 11.8 Å². The molecule has 2 amide bonds. The van der Waals surface area contributed by atoms with Crippen LogP contribution in [0.3, 0.4) is 0 Å². The van der Waals surface area contributed by atoms with Crippen LogP contribution in [0.25, 0.3) is 0 Å². The smallest absolute Gasteiger partial charge is 0.264 e. The standard InChI is InChI=1S/C34H34BrCl2N3O4S/c1-3-24(2)38-34(42)32(20-25-10-6-4-7-11-25)39(22-26-14-16-27(35)17-15-26)33(41)23-40(31-19-18-28(36)21-30(31)37)45(43,44)29-12-8-5-9-13-29/h4-19,21,24,32H,3,20,22-23H2,1-2H3,(H,38,42)/t24-,32+/m0/s1. The molecule has 0 aliphatic rings. The van der Waals surface area contributed by atoms with E-state index in [0.29, 0.717) is 11.4 Å². The number of benzene rings is 4. The maximum absolute atomic E-state index is 14.5. The molecule has 7 nitrogen and oxygen atoms in total. The van der Waals surface area contributed by atoms with E-state index in [1.54, 1.807) is 18.2 Å². The van der Waals surface area contributed by atoms with Gasteiger partial charge < -0.3 is 10.2 Å². The lowest BCUT2D eigenvalue weighted by Crippen LogP contribution is -2.54. The van der Waals surface area contributed by atoms with E-state index in [9.17, 15) is 18.0 Å². The van der Waals surface area contributed by atoms with E-state index in [4.69, 9.17) is 23.2 Å². The highest BCUT2D eigenvalue weighted by Crippen LogP contribution is 2.33. The van der Waals surface area contributed by atoms with Crippen LogP contribution in [0.1, 0.15) is 31.4 Å². The molecule has 0 aromatic heterocycles. The summed E-state index contributed by atoms with van der Waals surface area (Å²) in [7, 11) is -4.27. The van der Waals surface area contributed by atoms with Crippen molar-refractivity contribution >= 4 is 66.7 Å². The number of hydrogen-bond donors (Lipinski definition) is 1. The molecule has 0 aliphatic heterocycles. The van der Waals surface area contributed by atoms with Gasteiger partial charge in [-0.2, -0.15) is 0 Å². The number of hydrogen-bond acceptors (Lipinski definition) is 4. The summed E-state index contributed by atoms with van der Waals surface area (Å²) in [5.41, 5.74) is 1.71. The van der Waals surface area contributed by atoms with Crippen molar-refractivity contribution in [2.45, 2.75) is 50.2 Å². The summed E-state index contributed by atoms with van der Waals surface area (Å²) in [5, 5.41) is 3.40. The lowest BCUT2D eigenvalue weighted by atomic mass is 10.0. The maximum atomic E-state index is 14.5. The number of carbonyl (C=O) groups is 2. The van der Waals surface area contributed by atoms with Gasteiger partial charge in [0, 0.05) is 28.5 Å². The second-order valence-corrected chi connectivity index (χ2v) is 14.2. The van der Waals surface area contributed by atoms with Crippen LogP contribution < -0.4 is 9.62 Å². The zero-order valence-corrected chi connectivity index (χ0v) is 28.8. The Morgan fingerprint density at radius 2 is 1.49 bits per heavy atom. The number of amides is 2. The maximum Gasteiger partial charge on any atom is 0.264 e. The molecule has 4 rings (SSSR count). The van der Waals surface area contributed by atoms with Gasteiger partial charge in [0.05, 0.1) is 15.6 Å². The summed E-state index contributed by atoms with van der Waals surface area (Å²) in [6.45, 7) is 3.31. The number of halogens is 3. The molecule has 0 fully saturated rings. The van der Waals surface area contributed by atoms with Gasteiger partial charge in [-0.15, -0.1) is 0 Å². The Kier molecular flexibility index (Phi) is 12.1. The number of nitrogens with one attached hydrogen (secondary N) is 1. The van der Waals surface area contributed by atoms with Crippen molar-refractivity contribution in [3.05, 3.63) is 129 Å². The number of nitrogens with zero attached hydrogens (tertiary/aromatic N) is 2. The third kappa shape index (κ3) is 9.10. The second kappa shape index (κ2) is 15.8. The van der Waals surface area contributed by atoms with Crippen molar-refractivity contribution in [1.29, 1.82) is 0 Å².